The second kappa shape index (κ2) is 5.47. The monoisotopic (exact) mass is 338 g/mol. The van der Waals surface area contributed by atoms with Crippen molar-refractivity contribution in [1.29, 1.82) is 0 Å². The van der Waals surface area contributed by atoms with Gasteiger partial charge >= 0.3 is 0 Å². The van der Waals surface area contributed by atoms with Crippen molar-refractivity contribution in [3.8, 4) is 5.75 Å². The van der Waals surface area contributed by atoms with Crippen molar-refractivity contribution in [3.05, 3.63) is 51.9 Å². The summed E-state index contributed by atoms with van der Waals surface area (Å²) in [7, 11) is 5.10. The number of pyridine rings is 1. The first kappa shape index (κ1) is 15.4. The van der Waals surface area contributed by atoms with E-state index >= 15 is 0 Å². The van der Waals surface area contributed by atoms with Crippen molar-refractivity contribution in [1.82, 2.24) is 14.3 Å². The van der Waals surface area contributed by atoms with Crippen molar-refractivity contribution in [3.63, 3.8) is 0 Å². The smallest absolute Gasteiger partial charge is 0.254 e. The molecule has 0 unspecified atom stereocenters. The van der Waals surface area contributed by atoms with Crippen LogP contribution in [0.1, 0.15) is 23.5 Å². The first-order valence-electron chi connectivity index (χ1n) is 7.99. The van der Waals surface area contributed by atoms with Crippen LogP contribution >= 0.6 is 0 Å². The van der Waals surface area contributed by atoms with Gasteiger partial charge in [-0.1, -0.05) is 0 Å². The molecule has 3 heterocycles. The Bertz CT molecular complexity index is 1060. The van der Waals surface area contributed by atoms with Crippen LogP contribution in [0.4, 0.5) is 5.82 Å². The molecule has 0 fully saturated rings. The van der Waals surface area contributed by atoms with E-state index in [1.54, 1.807) is 36.7 Å². The number of ether oxygens (including phenoxy) is 1. The van der Waals surface area contributed by atoms with Crippen LogP contribution in [0.2, 0.25) is 0 Å². The number of anilines is 1. The normalized spacial score (nSPS) is 16.6. The fourth-order valence-electron chi connectivity index (χ4n) is 3.46. The molecular formula is C18H18N4O3. The lowest BCUT2D eigenvalue weighted by Gasteiger charge is -2.23. The van der Waals surface area contributed by atoms with Gasteiger partial charge in [-0.3, -0.25) is 14.3 Å². The minimum atomic E-state index is -0.303. The molecule has 25 heavy (non-hydrogen) atoms. The maximum atomic E-state index is 13.0. The molecular weight excluding hydrogens is 320 g/mol. The van der Waals surface area contributed by atoms with E-state index in [4.69, 9.17) is 4.74 Å². The van der Waals surface area contributed by atoms with Crippen LogP contribution in [-0.2, 0) is 18.9 Å². The van der Waals surface area contributed by atoms with Gasteiger partial charge in [0.15, 0.2) is 0 Å². The molecule has 0 bridgehead atoms. The Morgan fingerprint density at radius 2 is 2.00 bits per heavy atom. The Labute approximate surface area is 143 Å². The SMILES string of the molecule is COc1ccc2cc([C@H]3CC(=O)Nc4c3cnn4C)c(=O)n(C)c2c1. The van der Waals surface area contributed by atoms with Crippen molar-refractivity contribution in [2.45, 2.75) is 12.3 Å². The lowest BCUT2D eigenvalue weighted by Crippen LogP contribution is -2.30. The highest BCUT2D eigenvalue weighted by molar-refractivity contribution is 5.94. The Kier molecular flexibility index (Phi) is 3.38. The number of rotatable bonds is 2. The minimum Gasteiger partial charge on any atom is -0.497 e. The molecule has 1 aliphatic rings. The molecule has 1 N–H and O–H groups in total. The summed E-state index contributed by atoms with van der Waals surface area (Å²) in [5, 5.41) is 7.98. The molecule has 0 aliphatic carbocycles. The number of hydrogen-bond acceptors (Lipinski definition) is 4. The summed E-state index contributed by atoms with van der Waals surface area (Å²) in [5.74, 6) is 0.931. The van der Waals surface area contributed by atoms with Crippen LogP contribution in [0.25, 0.3) is 10.9 Å². The predicted octanol–water partition coefficient (Wildman–Crippen LogP) is 1.75. The van der Waals surface area contributed by atoms with E-state index < -0.39 is 0 Å². The van der Waals surface area contributed by atoms with Crippen LogP contribution < -0.4 is 15.6 Å². The molecule has 0 spiro atoms. The van der Waals surface area contributed by atoms with Crippen molar-refractivity contribution in [2.75, 3.05) is 12.4 Å². The highest BCUT2D eigenvalue weighted by atomic mass is 16.5. The van der Waals surface area contributed by atoms with Crippen molar-refractivity contribution < 1.29 is 9.53 Å². The number of nitrogens with zero attached hydrogens (tertiary/aromatic N) is 3. The summed E-state index contributed by atoms with van der Waals surface area (Å²) in [6.45, 7) is 0. The number of methoxy groups -OCH3 is 1. The summed E-state index contributed by atoms with van der Waals surface area (Å²) >= 11 is 0. The standard InChI is InChI=1S/C18H18N4O3/c1-21-15-7-11(25-3)5-4-10(15)6-13(18(21)24)12-8-16(23)20-17-14(12)9-19-22(17)2/h4-7,9,12H,8H2,1-3H3,(H,20,23)/t12-/m1/s1. The number of benzene rings is 1. The minimum absolute atomic E-state index is 0.113. The van der Waals surface area contributed by atoms with Gasteiger partial charge in [-0.05, 0) is 23.6 Å². The third-order valence-corrected chi connectivity index (χ3v) is 4.83. The van der Waals surface area contributed by atoms with E-state index in [0.29, 0.717) is 17.1 Å². The van der Waals surface area contributed by atoms with E-state index in [0.717, 1.165) is 16.5 Å². The molecule has 7 nitrogen and oxygen atoms in total. The summed E-state index contributed by atoms with van der Waals surface area (Å²) in [6, 6.07) is 7.49. The highest BCUT2D eigenvalue weighted by Crippen LogP contribution is 2.36. The molecule has 1 amide bonds. The van der Waals surface area contributed by atoms with E-state index in [1.165, 1.54) is 0 Å². The fraction of sp³-hybridized carbons (Fsp3) is 0.278. The number of hydrogen-bond donors (Lipinski definition) is 1. The second-order valence-electron chi connectivity index (χ2n) is 6.27. The molecule has 7 heteroatoms. The zero-order valence-electron chi connectivity index (χ0n) is 14.2. The van der Waals surface area contributed by atoms with Crippen LogP contribution in [0, 0.1) is 0 Å². The number of aromatic nitrogens is 3. The molecule has 1 aromatic carbocycles. The van der Waals surface area contributed by atoms with E-state index in [2.05, 4.69) is 10.4 Å². The van der Waals surface area contributed by atoms with Crippen LogP contribution in [-0.4, -0.2) is 27.4 Å². The third-order valence-electron chi connectivity index (χ3n) is 4.83. The Hall–Kier alpha value is -3.09. The Morgan fingerprint density at radius 3 is 2.76 bits per heavy atom. The van der Waals surface area contributed by atoms with Gasteiger partial charge in [-0.25, -0.2) is 0 Å². The second-order valence-corrected chi connectivity index (χ2v) is 6.27. The number of carbonyl (C=O) groups excluding carboxylic acids is 1. The predicted molar refractivity (Wildman–Crippen MR) is 94.0 cm³/mol. The average Bonchev–Trinajstić information content (AvgIpc) is 2.98. The van der Waals surface area contributed by atoms with Gasteiger partial charge < -0.3 is 14.6 Å². The topological polar surface area (TPSA) is 78.2 Å². The number of nitrogens with one attached hydrogen (secondary N) is 1. The molecule has 128 valence electrons. The van der Waals surface area contributed by atoms with E-state index in [1.807, 2.05) is 24.3 Å². The van der Waals surface area contributed by atoms with Gasteiger partial charge in [0.1, 0.15) is 11.6 Å². The first-order valence-corrected chi connectivity index (χ1v) is 7.99. The molecule has 0 saturated heterocycles. The summed E-state index contributed by atoms with van der Waals surface area (Å²) in [5.41, 5.74) is 2.14. The zero-order valence-corrected chi connectivity index (χ0v) is 14.2. The van der Waals surface area contributed by atoms with Crippen LogP contribution in [0.3, 0.4) is 0 Å². The largest absolute Gasteiger partial charge is 0.497 e. The molecule has 1 atom stereocenters. The van der Waals surface area contributed by atoms with Gasteiger partial charge in [-0.2, -0.15) is 5.10 Å². The summed E-state index contributed by atoms with van der Waals surface area (Å²) in [4.78, 5) is 25.1. The van der Waals surface area contributed by atoms with Gasteiger partial charge in [0, 0.05) is 43.6 Å². The fourth-order valence-corrected chi connectivity index (χ4v) is 3.46. The van der Waals surface area contributed by atoms with E-state index in [9.17, 15) is 9.59 Å². The molecule has 4 rings (SSSR count). The number of carbonyl (C=O) groups is 1. The zero-order chi connectivity index (χ0) is 17.7. The summed E-state index contributed by atoms with van der Waals surface area (Å²) in [6.07, 6.45) is 1.95. The number of aryl methyl sites for hydroxylation is 2. The Balaban J connectivity index is 1.94. The molecule has 1 aliphatic heterocycles. The maximum Gasteiger partial charge on any atom is 0.254 e. The number of amides is 1. The van der Waals surface area contributed by atoms with Gasteiger partial charge in [0.25, 0.3) is 5.56 Å². The van der Waals surface area contributed by atoms with Gasteiger partial charge in [-0.15, -0.1) is 0 Å². The third kappa shape index (κ3) is 2.31. The number of fused-ring (bicyclic) bond motifs is 2. The maximum absolute atomic E-state index is 13.0. The molecule has 0 radical (unpaired) electrons. The quantitative estimate of drug-likeness (QED) is 0.772. The molecule has 3 aromatic rings. The van der Waals surface area contributed by atoms with E-state index in [-0.39, 0.29) is 23.8 Å². The highest BCUT2D eigenvalue weighted by Gasteiger charge is 2.31. The van der Waals surface area contributed by atoms with Gasteiger partial charge in [0.05, 0.1) is 18.8 Å². The lowest BCUT2D eigenvalue weighted by molar-refractivity contribution is -0.116. The van der Waals surface area contributed by atoms with Crippen LogP contribution in [0.15, 0.2) is 35.3 Å². The van der Waals surface area contributed by atoms with Crippen molar-refractivity contribution in [2.24, 2.45) is 14.1 Å². The average molecular weight is 338 g/mol. The summed E-state index contributed by atoms with van der Waals surface area (Å²) < 4.78 is 8.48. The molecule has 2 aromatic heterocycles. The Morgan fingerprint density at radius 1 is 1.20 bits per heavy atom. The lowest BCUT2D eigenvalue weighted by atomic mass is 9.87. The molecule has 0 saturated carbocycles. The van der Waals surface area contributed by atoms with Crippen LogP contribution in [0.5, 0.6) is 5.75 Å². The van der Waals surface area contributed by atoms with Gasteiger partial charge in [0.2, 0.25) is 5.91 Å². The first-order chi connectivity index (χ1) is 12.0. The van der Waals surface area contributed by atoms with Crippen molar-refractivity contribution >= 4 is 22.6 Å².